The highest BCUT2D eigenvalue weighted by Gasteiger charge is 2.27. The minimum Gasteiger partial charge on any atom is -0.493 e. The summed E-state index contributed by atoms with van der Waals surface area (Å²) in [5.74, 6) is 2.72. The van der Waals surface area contributed by atoms with Gasteiger partial charge in [-0.3, -0.25) is 4.79 Å². The van der Waals surface area contributed by atoms with Crippen molar-refractivity contribution < 1.29 is 24.1 Å². The van der Waals surface area contributed by atoms with Crippen molar-refractivity contribution in [3.63, 3.8) is 0 Å². The fourth-order valence-electron chi connectivity index (χ4n) is 5.30. The molecule has 208 valence electrons. The van der Waals surface area contributed by atoms with E-state index in [0.29, 0.717) is 13.2 Å². The number of rotatable bonds is 11. The summed E-state index contributed by atoms with van der Waals surface area (Å²) in [6, 6.07) is 14.6. The number of hydrogen-bond acceptors (Lipinski definition) is 5. The average molecular weight is 549 g/mol. The standard InChI is InChI=1S/C31H34O5S.C2H6/c1-19-5-6-21(31-20(2)13-28(26-9-10-27(26)31)34-11-4-12-37-3)14-22(19)17-35-24-7-8-25-23(15-30(32)33)18-36-29(25)16-24;1-2/h5-8,13-14,16,23H,4,9-12,15,17-18H2,1-3H3,(H,32,33);1-2H3. The maximum Gasteiger partial charge on any atom is 0.304 e. The molecule has 0 amide bonds. The van der Waals surface area contributed by atoms with E-state index in [1.54, 1.807) is 0 Å². The Morgan fingerprint density at radius 1 is 1.03 bits per heavy atom. The molecule has 1 atom stereocenters. The SMILES string of the molecule is CC.CSCCCOc1cc(C)c(-c2ccc(C)c(COc3ccc4c(c3)OCC4CC(=O)O)c2)c2c1CC2. The Morgan fingerprint density at radius 2 is 1.82 bits per heavy atom. The molecule has 1 N–H and O–H groups in total. The zero-order valence-corrected chi connectivity index (χ0v) is 24.6. The summed E-state index contributed by atoms with van der Waals surface area (Å²) < 4.78 is 18.1. The van der Waals surface area contributed by atoms with Crippen molar-refractivity contribution in [1.29, 1.82) is 0 Å². The summed E-state index contributed by atoms with van der Waals surface area (Å²) in [6.45, 7) is 9.92. The van der Waals surface area contributed by atoms with Gasteiger partial charge in [0, 0.05) is 17.5 Å². The van der Waals surface area contributed by atoms with Crippen LogP contribution in [0.5, 0.6) is 17.2 Å². The molecule has 1 unspecified atom stereocenters. The Labute approximate surface area is 236 Å². The van der Waals surface area contributed by atoms with E-state index in [1.807, 2.05) is 43.8 Å². The molecule has 0 aromatic heterocycles. The lowest BCUT2D eigenvalue weighted by atomic mass is 9.79. The average Bonchev–Trinajstić information content (AvgIpc) is 3.30. The van der Waals surface area contributed by atoms with Crippen molar-refractivity contribution in [2.45, 2.75) is 65.9 Å². The van der Waals surface area contributed by atoms with Gasteiger partial charge < -0.3 is 19.3 Å². The minimum atomic E-state index is -0.810. The molecule has 5 rings (SSSR count). The van der Waals surface area contributed by atoms with Crippen LogP contribution >= 0.6 is 11.8 Å². The van der Waals surface area contributed by atoms with Gasteiger partial charge in [-0.1, -0.05) is 32.0 Å². The molecule has 0 spiro atoms. The van der Waals surface area contributed by atoms with Crippen molar-refractivity contribution >= 4 is 17.7 Å². The lowest BCUT2D eigenvalue weighted by molar-refractivity contribution is -0.137. The van der Waals surface area contributed by atoms with Crippen LogP contribution in [0.4, 0.5) is 0 Å². The van der Waals surface area contributed by atoms with Crippen LogP contribution in [0.2, 0.25) is 0 Å². The number of aliphatic carboxylic acids is 1. The molecule has 1 aliphatic carbocycles. The highest BCUT2D eigenvalue weighted by Crippen LogP contribution is 2.43. The number of carboxylic acid groups (broad SMARTS) is 1. The maximum atomic E-state index is 11.1. The second-order valence-corrected chi connectivity index (χ2v) is 10.9. The molecule has 1 heterocycles. The van der Waals surface area contributed by atoms with Crippen LogP contribution in [0.1, 0.15) is 66.0 Å². The first-order valence-electron chi connectivity index (χ1n) is 13.9. The molecule has 0 radical (unpaired) electrons. The molecule has 2 aliphatic rings. The topological polar surface area (TPSA) is 65.0 Å². The van der Waals surface area contributed by atoms with Gasteiger partial charge >= 0.3 is 5.97 Å². The molecular weight excluding hydrogens is 508 g/mol. The van der Waals surface area contributed by atoms with E-state index in [1.165, 1.54) is 33.4 Å². The highest BCUT2D eigenvalue weighted by molar-refractivity contribution is 7.98. The zero-order valence-electron chi connectivity index (χ0n) is 23.8. The van der Waals surface area contributed by atoms with Crippen molar-refractivity contribution in [3.8, 4) is 28.4 Å². The van der Waals surface area contributed by atoms with Gasteiger partial charge in [-0.25, -0.2) is 0 Å². The van der Waals surface area contributed by atoms with Crippen LogP contribution in [0.3, 0.4) is 0 Å². The Bertz CT molecular complexity index is 1320. The van der Waals surface area contributed by atoms with E-state index in [-0.39, 0.29) is 12.3 Å². The quantitative estimate of drug-likeness (QED) is 0.247. The summed E-state index contributed by atoms with van der Waals surface area (Å²) in [4.78, 5) is 11.1. The first kappa shape index (κ1) is 28.9. The molecule has 6 heteroatoms. The van der Waals surface area contributed by atoms with Crippen LogP contribution in [0.25, 0.3) is 11.1 Å². The summed E-state index contributed by atoms with van der Waals surface area (Å²) in [6.07, 6.45) is 5.44. The van der Waals surface area contributed by atoms with Gasteiger partial charge in [-0.2, -0.15) is 11.8 Å². The molecule has 39 heavy (non-hydrogen) atoms. The number of thioether (sulfide) groups is 1. The number of fused-ring (bicyclic) bond motifs is 2. The molecule has 0 bridgehead atoms. The molecular formula is C33H40O5S. The van der Waals surface area contributed by atoms with Gasteiger partial charge in [-0.05, 0) is 102 Å². The van der Waals surface area contributed by atoms with Crippen molar-refractivity contribution in [2.24, 2.45) is 0 Å². The number of carbonyl (C=O) groups is 1. The van der Waals surface area contributed by atoms with Crippen molar-refractivity contribution in [2.75, 3.05) is 25.2 Å². The molecule has 5 nitrogen and oxygen atoms in total. The van der Waals surface area contributed by atoms with E-state index < -0.39 is 5.97 Å². The third-order valence-electron chi connectivity index (χ3n) is 7.40. The predicted molar refractivity (Wildman–Crippen MR) is 160 cm³/mol. The molecule has 3 aromatic carbocycles. The van der Waals surface area contributed by atoms with Crippen LogP contribution in [0, 0.1) is 13.8 Å². The van der Waals surface area contributed by atoms with Crippen LogP contribution in [-0.2, 0) is 24.2 Å². The van der Waals surface area contributed by atoms with Crippen LogP contribution in [-0.4, -0.2) is 36.3 Å². The molecule has 3 aromatic rings. The number of ether oxygens (including phenoxy) is 3. The second kappa shape index (κ2) is 13.3. The predicted octanol–water partition coefficient (Wildman–Crippen LogP) is 7.76. The fraction of sp³-hybridized carbons (Fsp3) is 0.424. The van der Waals surface area contributed by atoms with Crippen molar-refractivity contribution in [1.82, 2.24) is 0 Å². The van der Waals surface area contributed by atoms with E-state index in [9.17, 15) is 4.79 Å². The van der Waals surface area contributed by atoms with Gasteiger partial charge in [0.1, 0.15) is 23.9 Å². The smallest absolute Gasteiger partial charge is 0.304 e. The molecule has 0 fully saturated rings. The number of hydrogen-bond donors (Lipinski definition) is 1. The van der Waals surface area contributed by atoms with Gasteiger partial charge in [0.2, 0.25) is 0 Å². The van der Waals surface area contributed by atoms with Gasteiger partial charge in [0.15, 0.2) is 0 Å². The monoisotopic (exact) mass is 548 g/mol. The second-order valence-electron chi connectivity index (χ2n) is 9.95. The highest BCUT2D eigenvalue weighted by atomic mass is 32.2. The summed E-state index contributed by atoms with van der Waals surface area (Å²) >= 11 is 1.86. The third-order valence-corrected chi connectivity index (χ3v) is 8.10. The van der Waals surface area contributed by atoms with Gasteiger partial charge in [-0.15, -0.1) is 0 Å². The summed E-state index contributed by atoms with van der Waals surface area (Å²) in [5.41, 5.74) is 9.86. The first-order valence-corrected chi connectivity index (χ1v) is 15.3. The number of aryl methyl sites for hydroxylation is 2. The number of carboxylic acids is 1. The Hall–Kier alpha value is -3.12. The fourth-order valence-corrected chi connectivity index (χ4v) is 5.71. The summed E-state index contributed by atoms with van der Waals surface area (Å²) in [7, 11) is 0. The lowest BCUT2D eigenvalue weighted by Crippen LogP contribution is -2.15. The van der Waals surface area contributed by atoms with Gasteiger partial charge in [0.25, 0.3) is 0 Å². The van der Waals surface area contributed by atoms with E-state index in [0.717, 1.165) is 60.0 Å². The van der Waals surface area contributed by atoms with Crippen molar-refractivity contribution in [3.05, 3.63) is 75.8 Å². The zero-order chi connectivity index (χ0) is 27.9. The lowest BCUT2D eigenvalue weighted by Gasteiger charge is -2.28. The normalized spacial score (nSPS) is 14.7. The van der Waals surface area contributed by atoms with E-state index in [4.69, 9.17) is 19.3 Å². The first-order chi connectivity index (χ1) is 18.9. The molecule has 0 saturated carbocycles. The van der Waals surface area contributed by atoms with Crippen LogP contribution in [0.15, 0.2) is 42.5 Å². The largest absolute Gasteiger partial charge is 0.493 e. The van der Waals surface area contributed by atoms with Crippen LogP contribution < -0.4 is 14.2 Å². The number of benzene rings is 3. The maximum absolute atomic E-state index is 11.1. The Kier molecular flexibility index (Phi) is 9.84. The minimum absolute atomic E-state index is 0.0768. The third kappa shape index (κ3) is 6.55. The molecule has 1 aliphatic heterocycles. The van der Waals surface area contributed by atoms with E-state index in [2.05, 4.69) is 44.4 Å². The van der Waals surface area contributed by atoms with E-state index >= 15 is 0 Å². The summed E-state index contributed by atoms with van der Waals surface area (Å²) in [5, 5.41) is 9.13. The Balaban J connectivity index is 0.00000172. The van der Waals surface area contributed by atoms with Gasteiger partial charge in [0.05, 0.1) is 19.6 Å². The Morgan fingerprint density at radius 3 is 2.54 bits per heavy atom. The molecule has 0 saturated heterocycles.